The third kappa shape index (κ3) is 4.49. The maximum absolute atomic E-state index is 10.9. The van der Waals surface area contributed by atoms with Gasteiger partial charge in [-0.1, -0.05) is 0 Å². The van der Waals surface area contributed by atoms with Crippen molar-refractivity contribution in [3.63, 3.8) is 0 Å². The summed E-state index contributed by atoms with van der Waals surface area (Å²) in [4.78, 5) is 21.2. The van der Waals surface area contributed by atoms with Crippen LogP contribution in [0, 0.1) is 0 Å². The molecular formula is C8H12O4. The summed E-state index contributed by atoms with van der Waals surface area (Å²) in [6.45, 7) is 4.96. The quantitative estimate of drug-likeness (QED) is 0.276. The lowest BCUT2D eigenvalue weighted by Crippen LogP contribution is -2.10. The summed E-state index contributed by atoms with van der Waals surface area (Å²) >= 11 is 0. The molecule has 4 nitrogen and oxygen atoms in total. The molecule has 0 rings (SSSR count). The number of hydrogen-bond donors (Lipinski definition) is 0. The van der Waals surface area contributed by atoms with E-state index in [-0.39, 0.29) is 5.57 Å². The number of carbonyl (C=O) groups is 2. The van der Waals surface area contributed by atoms with Gasteiger partial charge in [0.25, 0.3) is 0 Å². The summed E-state index contributed by atoms with van der Waals surface area (Å²) < 4.78 is 9.11. The summed E-state index contributed by atoms with van der Waals surface area (Å²) in [5.74, 6) is -1.29. The zero-order valence-electron chi connectivity index (χ0n) is 7.42. The molecule has 0 atom stereocenters. The molecular weight excluding hydrogens is 160 g/mol. The van der Waals surface area contributed by atoms with Gasteiger partial charge in [-0.25, -0.2) is 4.79 Å². The minimum absolute atomic E-state index is 0.270. The van der Waals surface area contributed by atoms with Gasteiger partial charge in [0, 0.05) is 6.92 Å². The van der Waals surface area contributed by atoms with Crippen LogP contribution >= 0.6 is 0 Å². The van der Waals surface area contributed by atoms with E-state index in [9.17, 15) is 9.59 Å². The molecule has 0 unspecified atom stereocenters. The number of rotatable bonds is 3. The maximum Gasteiger partial charge on any atom is 0.344 e. The van der Waals surface area contributed by atoms with Crippen molar-refractivity contribution < 1.29 is 19.1 Å². The lowest BCUT2D eigenvalue weighted by Gasteiger charge is -1.99. The van der Waals surface area contributed by atoms with Gasteiger partial charge < -0.3 is 9.47 Å². The number of esters is 2. The van der Waals surface area contributed by atoms with Crippen molar-refractivity contribution in [3.05, 3.63) is 11.8 Å². The van der Waals surface area contributed by atoms with Crippen LogP contribution in [0.15, 0.2) is 11.8 Å². The first-order valence-electron chi connectivity index (χ1n) is 3.59. The van der Waals surface area contributed by atoms with Crippen LogP contribution in [0.3, 0.4) is 0 Å². The van der Waals surface area contributed by atoms with Crippen LogP contribution in [-0.4, -0.2) is 18.5 Å². The molecule has 0 aliphatic rings. The molecule has 0 aromatic rings. The molecule has 0 aliphatic carbocycles. The Morgan fingerprint density at radius 2 is 1.92 bits per heavy atom. The first-order valence-corrected chi connectivity index (χ1v) is 3.59. The van der Waals surface area contributed by atoms with Gasteiger partial charge in [-0.3, -0.25) is 4.79 Å². The Morgan fingerprint density at radius 3 is 2.33 bits per heavy atom. The Morgan fingerprint density at radius 1 is 1.33 bits per heavy atom. The monoisotopic (exact) mass is 172 g/mol. The molecule has 0 bridgehead atoms. The SMILES string of the molecule is CCOC=C(C)C(=O)OC(C)=O. The molecule has 0 saturated heterocycles. The molecule has 0 amide bonds. The van der Waals surface area contributed by atoms with Gasteiger partial charge in [-0.15, -0.1) is 0 Å². The molecule has 0 aromatic carbocycles. The molecule has 0 fully saturated rings. The Bertz CT molecular complexity index is 205. The van der Waals surface area contributed by atoms with Gasteiger partial charge in [-0.2, -0.15) is 0 Å². The van der Waals surface area contributed by atoms with E-state index in [0.717, 1.165) is 0 Å². The van der Waals surface area contributed by atoms with Gasteiger partial charge in [0.15, 0.2) is 0 Å². The Kier molecular flexibility index (Phi) is 4.76. The van der Waals surface area contributed by atoms with E-state index in [1.165, 1.54) is 20.1 Å². The van der Waals surface area contributed by atoms with Gasteiger partial charge in [-0.05, 0) is 13.8 Å². The summed E-state index contributed by atoms with van der Waals surface area (Å²) in [7, 11) is 0. The average Bonchev–Trinajstić information content (AvgIpc) is 1.98. The number of hydrogen-bond acceptors (Lipinski definition) is 4. The van der Waals surface area contributed by atoms with Crippen molar-refractivity contribution >= 4 is 11.9 Å². The molecule has 0 aromatic heterocycles. The van der Waals surface area contributed by atoms with Crippen LogP contribution in [0.4, 0.5) is 0 Å². The van der Waals surface area contributed by atoms with E-state index in [1.807, 2.05) is 0 Å². The Hall–Kier alpha value is -1.32. The smallest absolute Gasteiger partial charge is 0.344 e. The second-order valence-corrected chi connectivity index (χ2v) is 2.14. The number of carbonyl (C=O) groups excluding carboxylic acids is 2. The highest BCUT2D eigenvalue weighted by Gasteiger charge is 2.08. The second-order valence-electron chi connectivity index (χ2n) is 2.14. The highest BCUT2D eigenvalue weighted by molar-refractivity contribution is 5.94. The maximum atomic E-state index is 10.9. The molecule has 0 heterocycles. The van der Waals surface area contributed by atoms with Crippen LogP contribution in [-0.2, 0) is 19.1 Å². The fourth-order valence-corrected chi connectivity index (χ4v) is 0.467. The average molecular weight is 172 g/mol. The fourth-order valence-electron chi connectivity index (χ4n) is 0.467. The van der Waals surface area contributed by atoms with E-state index < -0.39 is 11.9 Å². The molecule has 0 saturated carbocycles. The zero-order chi connectivity index (χ0) is 9.56. The van der Waals surface area contributed by atoms with E-state index >= 15 is 0 Å². The zero-order valence-corrected chi connectivity index (χ0v) is 7.42. The molecule has 0 spiro atoms. The van der Waals surface area contributed by atoms with Crippen molar-refractivity contribution in [2.75, 3.05) is 6.61 Å². The standard InChI is InChI=1S/C8H12O4/c1-4-11-5-6(2)8(10)12-7(3)9/h5H,4H2,1-3H3. The topological polar surface area (TPSA) is 52.6 Å². The van der Waals surface area contributed by atoms with E-state index in [4.69, 9.17) is 4.74 Å². The van der Waals surface area contributed by atoms with Gasteiger partial charge >= 0.3 is 11.9 Å². The van der Waals surface area contributed by atoms with E-state index in [1.54, 1.807) is 6.92 Å². The van der Waals surface area contributed by atoms with Crippen LogP contribution in [0.25, 0.3) is 0 Å². The van der Waals surface area contributed by atoms with Crippen LogP contribution in [0.1, 0.15) is 20.8 Å². The predicted molar refractivity (Wildman–Crippen MR) is 42.2 cm³/mol. The minimum Gasteiger partial charge on any atom is -0.501 e. The molecule has 4 heteroatoms. The van der Waals surface area contributed by atoms with Crippen LogP contribution in [0.2, 0.25) is 0 Å². The first-order chi connectivity index (χ1) is 5.57. The summed E-state index contributed by atoms with van der Waals surface area (Å²) in [5.41, 5.74) is 0.270. The lowest BCUT2D eigenvalue weighted by molar-refractivity contribution is -0.155. The third-order valence-electron chi connectivity index (χ3n) is 0.985. The molecule has 68 valence electrons. The third-order valence-corrected chi connectivity index (χ3v) is 0.985. The van der Waals surface area contributed by atoms with Gasteiger partial charge in [0.05, 0.1) is 18.4 Å². The van der Waals surface area contributed by atoms with Crippen LogP contribution in [0.5, 0.6) is 0 Å². The molecule has 12 heavy (non-hydrogen) atoms. The second kappa shape index (κ2) is 5.35. The van der Waals surface area contributed by atoms with Crippen LogP contribution < -0.4 is 0 Å². The summed E-state index contributed by atoms with van der Waals surface area (Å²) in [6.07, 6.45) is 1.27. The normalized spacial score (nSPS) is 10.8. The fraction of sp³-hybridized carbons (Fsp3) is 0.500. The first kappa shape index (κ1) is 10.7. The van der Waals surface area contributed by atoms with Gasteiger partial charge in [0.2, 0.25) is 0 Å². The van der Waals surface area contributed by atoms with E-state index in [2.05, 4.69) is 4.74 Å². The predicted octanol–water partition coefficient (Wildman–Crippen LogP) is 1.02. The van der Waals surface area contributed by atoms with E-state index in [0.29, 0.717) is 6.61 Å². The van der Waals surface area contributed by atoms with Gasteiger partial charge in [0.1, 0.15) is 0 Å². The van der Waals surface area contributed by atoms with Crippen molar-refractivity contribution in [1.29, 1.82) is 0 Å². The molecule has 0 N–H and O–H groups in total. The summed E-state index contributed by atoms with van der Waals surface area (Å²) in [5, 5.41) is 0. The Labute approximate surface area is 71.2 Å². The summed E-state index contributed by atoms with van der Waals surface area (Å²) in [6, 6.07) is 0. The highest BCUT2D eigenvalue weighted by Crippen LogP contribution is 1.97. The van der Waals surface area contributed by atoms with Crippen molar-refractivity contribution in [3.8, 4) is 0 Å². The largest absolute Gasteiger partial charge is 0.501 e. The van der Waals surface area contributed by atoms with Crippen molar-refractivity contribution in [1.82, 2.24) is 0 Å². The minimum atomic E-state index is -0.670. The Balaban J connectivity index is 4.00. The van der Waals surface area contributed by atoms with Crippen molar-refractivity contribution in [2.24, 2.45) is 0 Å². The van der Waals surface area contributed by atoms with Crippen molar-refractivity contribution in [2.45, 2.75) is 20.8 Å². The molecule has 0 radical (unpaired) electrons. The number of ether oxygens (including phenoxy) is 2. The molecule has 0 aliphatic heterocycles. The highest BCUT2D eigenvalue weighted by atomic mass is 16.6. The lowest BCUT2D eigenvalue weighted by atomic mass is 10.3.